The average Bonchev–Trinajstić information content (AvgIpc) is 2.46. The molecule has 0 saturated carbocycles. The number of nitrogens with zero attached hydrogens (tertiary/aromatic N) is 3. The highest BCUT2D eigenvalue weighted by Crippen LogP contribution is 2.28. The number of aryl methyl sites for hydroxylation is 1. The predicted octanol–water partition coefficient (Wildman–Crippen LogP) is 0.239. The number of hydrogen-bond acceptors (Lipinski definition) is 7. The Morgan fingerprint density at radius 2 is 1.90 bits per heavy atom. The molecule has 0 unspecified atom stereocenters. The molecule has 8 heteroatoms. The number of benzene rings is 1. The molecule has 0 amide bonds. The Hall–Kier alpha value is -2.61. The van der Waals surface area contributed by atoms with Crippen molar-refractivity contribution in [3.05, 3.63) is 34.5 Å². The molecule has 1 heterocycles. The van der Waals surface area contributed by atoms with Gasteiger partial charge < -0.3 is 9.47 Å². The van der Waals surface area contributed by atoms with Gasteiger partial charge in [-0.15, -0.1) is 0 Å². The summed E-state index contributed by atoms with van der Waals surface area (Å²) >= 11 is 0. The molecule has 0 saturated heterocycles. The molecule has 3 N–H and O–H groups in total. The van der Waals surface area contributed by atoms with E-state index in [0.29, 0.717) is 23.0 Å². The van der Waals surface area contributed by atoms with Crippen LogP contribution in [-0.2, 0) is 0 Å². The van der Waals surface area contributed by atoms with Crippen LogP contribution in [0.2, 0.25) is 0 Å². The van der Waals surface area contributed by atoms with Gasteiger partial charge in [-0.05, 0) is 19.1 Å². The number of nitrogens with one attached hydrogen (secondary N) is 1. The summed E-state index contributed by atoms with van der Waals surface area (Å²) in [7, 11) is 3.06. The van der Waals surface area contributed by atoms with Crippen molar-refractivity contribution in [3.63, 3.8) is 0 Å². The minimum absolute atomic E-state index is 0.0734. The van der Waals surface area contributed by atoms with Gasteiger partial charge >= 0.3 is 5.69 Å². The summed E-state index contributed by atoms with van der Waals surface area (Å²) in [6.07, 6.45) is 0. The van der Waals surface area contributed by atoms with Crippen molar-refractivity contribution in [1.82, 2.24) is 14.5 Å². The molecule has 20 heavy (non-hydrogen) atoms. The maximum Gasteiger partial charge on any atom is 0.356 e. The standard InChI is InChI=1S/C12H15N5O3/c1-7-14-11(16-13)15-12(18)17(7)8-4-5-9(19-2)10(6-8)20-3/h4-6H,13H2,1-3H3,(H,15,16,18). The summed E-state index contributed by atoms with van der Waals surface area (Å²) in [6, 6.07) is 5.09. The highest BCUT2D eigenvalue weighted by molar-refractivity contribution is 5.49. The normalized spacial score (nSPS) is 10.2. The molecule has 0 fully saturated rings. The molecule has 0 radical (unpaired) electrons. The number of nitrogens with two attached hydrogens (primary N) is 1. The lowest BCUT2D eigenvalue weighted by atomic mass is 10.2. The summed E-state index contributed by atoms with van der Waals surface area (Å²) in [6.45, 7) is 1.68. The van der Waals surface area contributed by atoms with Gasteiger partial charge in [0.25, 0.3) is 0 Å². The Balaban J connectivity index is 2.60. The number of aromatic nitrogens is 3. The minimum atomic E-state index is -0.488. The molecule has 0 aliphatic rings. The number of ether oxygens (including phenoxy) is 2. The second-order valence-electron chi connectivity index (χ2n) is 3.90. The quantitative estimate of drug-likeness (QED) is 0.609. The third kappa shape index (κ3) is 2.41. The molecule has 0 aliphatic carbocycles. The smallest absolute Gasteiger partial charge is 0.356 e. The van der Waals surface area contributed by atoms with E-state index in [1.54, 1.807) is 32.2 Å². The SMILES string of the molecule is COc1ccc(-n2c(C)nc(NN)nc2=O)cc1OC. The summed E-state index contributed by atoms with van der Waals surface area (Å²) in [5, 5.41) is 0. The Kier molecular flexibility index (Phi) is 3.85. The molecule has 106 valence electrons. The van der Waals surface area contributed by atoms with Crippen LogP contribution in [0.15, 0.2) is 23.0 Å². The molecule has 2 rings (SSSR count). The van der Waals surface area contributed by atoms with Crippen LogP contribution in [-0.4, -0.2) is 28.8 Å². The second kappa shape index (κ2) is 5.57. The molecule has 1 aromatic carbocycles. The van der Waals surface area contributed by atoms with Crippen LogP contribution in [0.25, 0.3) is 5.69 Å². The number of hydrogen-bond donors (Lipinski definition) is 2. The molecular weight excluding hydrogens is 262 g/mol. The van der Waals surface area contributed by atoms with Gasteiger partial charge in [-0.2, -0.15) is 9.97 Å². The van der Waals surface area contributed by atoms with Crippen molar-refractivity contribution in [2.75, 3.05) is 19.6 Å². The van der Waals surface area contributed by atoms with E-state index < -0.39 is 5.69 Å². The minimum Gasteiger partial charge on any atom is -0.493 e. The fraction of sp³-hybridized carbons (Fsp3) is 0.250. The molecule has 2 aromatic rings. The zero-order valence-corrected chi connectivity index (χ0v) is 11.4. The number of rotatable bonds is 4. The highest BCUT2D eigenvalue weighted by Gasteiger charge is 2.11. The zero-order chi connectivity index (χ0) is 14.7. The molecule has 0 atom stereocenters. The first-order valence-electron chi connectivity index (χ1n) is 5.77. The Labute approximate surface area is 115 Å². The van der Waals surface area contributed by atoms with Crippen LogP contribution in [0.1, 0.15) is 5.82 Å². The van der Waals surface area contributed by atoms with Crippen molar-refractivity contribution in [2.45, 2.75) is 6.92 Å². The van der Waals surface area contributed by atoms with E-state index in [-0.39, 0.29) is 5.95 Å². The zero-order valence-electron chi connectivity index (χ0n) is 11.4. The fourth-order valence-corrected chi connectivity index (χ4v) is 1.83. The van der Waals surface area contributed by atoms with Crippen molar-refractivity contribution >= 4 is 5.95 Å². The van der Waals surface area contributed by atoms with Crippen molar-refractivity contribution in [1.29, 1.82) is 0 Å². The van der Waals surface area contributed by atoms with E-state index in [2.05, 4.69) is 15.4 Å². The first kappa shape index (κ1) is 13.8. The van der Waals surface area contributed by atoms with Crippen LogP contribution in [0, 0.1) is 6.92 Å². The van der Waals surface area contributed by atoms with Gasteiger partial charge in [0.05, 0.1) is 19.9 Å². The molecule has 0 bridgehead atoms. The Bertz CT molecular complexity index is 683. The first-order valence-corrected chi connectivity index (χ1v) is 5.77. The van der Waals surface area contributed by atoms with Crippen molar-refractivity contribution < 1.29 is 9.47 Å². The van der Waals surface area contributed by atoms with Crippen molar-refractivity contribution in [3.8, 4) is 17.2 Å². The van der Waals surface area contributed by atoms with Gasteiger partial charge in [0.2, 0.25) is 5.95 Å². The Morgan fingerprint density at radius 3 is 2.45 bits per heavy atom. The predicted molar refractivity (Wildman–Crippen MR) is 73.3 cm³/mol. The van der Waals surface area contributed by atoms with Gasteiger partial charge in [-0.3, -0.25) is 5.43 Å². The number of nitrogen functional groups attached to an aromatic ring is 1. The highest BCUT2D eigenvalue weighted by atomic mass is 16.5. The van der Waals surface area contributed by atoms with Crippen LogP contribution in [0.3, 0.4) is 0 Å². The number of methoxy groups -OCH3 is 2. The second-order valence-corrected chi connectivity index (χ2v) is 3.90. The van der Waals surface area contributed by atoms with Gasteiger partial charge in [0.1, 0.15) is 5.82 Å². The van der Waals surface area contributed by atoms with E-state index in [9.17, 15) is 4.79 Å². The lowest BCUT2D eigenvalue weighted by Crippen LogP contribution is -2.27. The topological polar surface area (TPSA) is 104 Å². The molecule has 8 nitrogen and oxygen atoms in total. The lowest BCUT2D eigenvalue weighted by molar-refractivity contribution is 0.355. The van der Waals surface area contributed by atoms with E-state index in [1.165, 1.54) is 11.7 Å². The molecule has 0 aliphatic heterocycles. The van der Waals surface area contributed by atoms with Crippen LogP contribution in [0.5, 0.6) is 11.5 Å². The summed E-state index contributed by atoms with van der Waals surface area (Å²) in [4.78, 5) is 19.8. The number of anilines is 1. The van der Waals surface area contributed by atoms with Crippen LogP contribution < -0.4 is 26.4 Å². The third-order valence-electron chi connectivity index (χ3n) is 2.74. The van der Waals surface area contributed by atoms with Gasteiger partial charge in [0.15, 0.2) is 11.5 Å². The molecular formula is C12H15N5O3. The molecule has 0 spiro atoms. The number of hydrazine groups is 1. The summed E-state index contributed by atoms with van der Waals surface area (Å²) in [5.41, 5.74) is 2.34. The van der Waals surface area contributed by atoms with Crippen molar-refractivity contribution in [2.24, 2.45) is 5.84 Å². The van der Waals surface area contributed by atoms with Crippen LogP contribution in [0.4, 0.5) is 5.95 Å². The maximum absolute atomic E-state index is 12.0. The van der Waals surface area contributed by atoms with Crippen LogP contribution >= 0.6 is 0 Å². The fourth-order valence-electron chi connectivity index (χ4n) is 1.83. The van der Waals surface area contributed by atoms with E-state index in [4.69, 9.17) is 15.3 Å². The monoisotopic (exact) mass is 277 g/mol. The molecule has 1 aromatic heterocycles. The lowest BCUT2D eigenvalue weighted by Gasteiger charge is -2.12. The third-order valence-corrected chi connectivity index (χ3v) is 2.74. The van der Waals surface area contributed by atoms with Gasteiger partial charge in [-0.25, -0.2) is 15.2 Å². The summed E-state index contributed by atoms with van der Waals surface area (Å²) < 4.78 is 11.7. The summed E-state index contributed by atoms with van der Waals surface area (Å²) in [5.74, 6) is 6.81. The van der Waals surface area contributed by atoms with E-state index in [0.717, 1.165) is 0 Å². The maximum atomic E-state index is 12.0. The average molecular weight is 277 g/mol. The van der Waals surface area contributed by atoms with E-state index in [1.807, 2.05) is 0 Å². The van der Waals surface area contributed by atoms with Gasteiger partial charge in [-0.1, -0.05) is 0 Å². The first-order chi connectivity index (χ1) is 9.60. The largest absolute Gasteiger partial charge is 0.493 e. The van der Waals surface area contributed by atoms with E-state index >= 15 is 0 Å². The van der Waals surface area contributed by atoms with Gasteiger partial charge in [0, 0.05) is 6.07 Å². The Morgan fingerprint density at radius 1 is 1.20 bits per heavy atom.